The number of hydrogen-bond acceptors (Lipinski definition) is 1. The van der Waals surface area contributed by atoms with Gasteiger partial charge in [-0.05, 0) is 18.1 Å². The second-order valence-corrected chi connectivity index (χ2v) is 8.79. The van der Waals surface area contributed by atoms with E-state index >= 15 is 0 Å². The maximum absolute atomic E-state index is 5.73. The van der Waals surface area contributed by atoms with Crippen LogP contribution in [0.2, 0.25) is 18.1 Å². The Morgan fingerprint density at radius 2 is 1.13 bits per heavy atom. The Bertz CT molecular complexity index is 115. The van der Waals surface area contributed by atoms with E-state index in [1.165, 1.54) is 56.7 Å². The molecule has 2 heteroatoms. The fourth-order valence-corrected chi connectivity index (χ4v) is 6.27. The van der Waals surface area contributed by atoms with Crippen LogP contribution in [0.4, 0.5) is 0 Å². The zero-order valence-corrected chi connectivity index (χ0v) is 12.0. The average molecular weight is 229 g/mol. The number of hydrogen-bond donors (Lipinski definition) is 0. The van der Waals surface area contributed by atoms with Gasteiger partial charge in [-0.25, -0.2) is 0 Å². The minimum Gasteiger partial charge on any atom is -0.415 e. The van der Waals surface area contributed by atoms with E-state index in [0.29, 0.717) is 0 Å². The first kappa shape index (κ1) is 15.2. The van der Waals surface area contributed by atoms with Crippen molar-refractivity contribution in [2.75, 3.05) is 0 Å². The fraction of sp³-hybridized carbons (Fsp3) is 0.923. The smallest absolute Gasteiger partial charge is 0.192 e. The first-order chi connectivity index (χ1) is 7.24. The van der Waals surface area contributed by atoms with Crippen molar-refractivity contribution in [2.24, 2.45) is 0 Å². The van der Waals surface area contributed by atoms with Crippen LogP contribution < -0.4 is 0 Å². The van der Waals surface area contributed by atoms with Crippen molar-refractivity contribution < 1.29 is 4.43 Å². The minimum atomic E-state index is -1.44. The SMILES string of the molecule is [CH2]O[Si](CCCC)(CCCC)CCCC. The Kier molecular flexibility index (Phi) is 9.52. The summed E-state index contributed by atoms with van der Waals surface area (Å²) >= 11 is 0. The van der Waals surface area contributed by atoms with Crippen molar-refractivity contribution in [3.63, 3.8) is 0 Å². The van der Waals surface area contributed by atoms with E-state index in [1.54, 1.807) is 0 Å². The van der Waals surface area contributed by atoms with Gasteiger partial charge >= 0.3 is 0 Å². The average Bonchev–Trinajstić information content (AvgIpc) is 2.29. The molecule has 1 radical (unpaired) electrons. The molecule has 0 aliphatic heterocycles. The summed E-state index contributed by atoms with van der Waals surface area (Å²) in [6, 6.07) is 3.98. The molecule has 0 aromatic carbocycles. The molecule has 0 rings (SSSR count). The summed E-state index contributed by atoms with van der Waals surface area (Å²) in [5.74, 6) is 0. The summed E-state index contributed by atoms with van der Waals surface area (Å²) in [7, 11) is 2.34. The fourth-order valence-electron chi connectivity index (χ4n) is 2.09. The predicted octanol–water partition coefficient (Wildman–Crippen LogP) is 5.14. The Morgan fingerprint density at radius 1 is 0.800 bits per heavy atom. The van der Waals surface area contributed by atoms with E-state index in [1.807, 2.05) is 0 Å². The van der Waals surface area contributed by atoms with Crippen molar-refractivity contribution in [1.82, 2.24) is 0 Å². The molecule has 0 aliphatic rings. The third-order valence-electron chi connectivity index (χ3n) is 3.26. The molecular weight excluding hydrogens is 200 g/mol. The first-order valence-corrected chi connectivity index (χ1v) is 9.20. The summed E-state index contributed by atoms with van der Waals surface area (Å²) in [5, 5.41) is 0. The van der Waals surface area contributed by atoms with Crippen molar-refractivity contribution in [3.05, 3.63) is 7.11 Å². The van der Waals surface area contributed by atoms with Crippen LogP contribution in [0.25, 0.3) is 0 Å². The second-order valence-electron chi connectivity index (χ2n) is 4.64. The molecule has 0 spiro atoms. The lowest BCUT2D eigenvalue weighted by Crippen LogP contribution is -2.36. The largest absolute Gasteiger partial charge is 0.415 e. The van der Waals surface area contributed by atoms with Gasteiger partial charge in [0.1, 0.15) is 0 Å². The molecule has 0 amide bonds. The molecule has 0 saturated carbocycles. The Morgan fingerprint density at radius 3 is 1.33 bits per heavy atom. The molecule has 0 aromatic rings. The Balaban J connectivity index is 4.16. The molecule has 0 saturated heterocycles. The summed E-state index contributed by atoms with van der Waals surface area (Å²) in [5.41, 5.74) is 0. The lowest BCUT2D eigenvalue weighted by atomic mass is 10.4. The minimum absolute atomic E-state index is 1.29. The van der Waals surface area contributed by atoms with Crippen molar-refractivity contribution >= 4 is 8.32 Å². The van der Waals surface area contributed by atoms with Gasteiger partial charge in [0.25, 0.3) is 0 Å². The third-order valence-corrected chi connectivity index (χ3v) is 7.67. The normalized spacial score (nSPS) is 12.0. The van der Waals surface area contributed by atoms with Crippen molar-refractivity contribution in [1.29, 1.82) is 0 Å². The topological polar surface area (TPSA) is 9.23 Å². The highest BCUT2D eigenvalue weighted by Crippen LogP contribution is 2.28. The Hall–Kier alpha value is 0.177. The van der Waals surface area contributed by atoms with Gasteiger partial charge in [0.15, 0.2) is 8.32 Å². The molecule has 0 unspecified atom stereocenters. The van der Waals surface area contributed by atoms with Crippen LogP contribution in [-0.2, 0) is 4.43 Å². The van der Waals surface area contributed by atoms with Gasteiger partial charge in [-0.2, -0.15) is 0 Å². The van der Waals surface area contributed by atoms with Crippen molar-refractivity contribution in [2.45, 2.75) is 77.4 Å². The zero-order valence-electron chi connectivity index (χ0n) is 11.0. The number of unbranched alkanes of at least 4 members (excludes halogenated alkanes) is 3. The van der Waals surface area contributed by atoms with Crippen LogP contribution in [0, 0.1) is 7.11 Å². The highest BCUT2D eigenvalue weighted by molar-refractivity contribution is 6.73. The van der Waals surface area contributed by atoms with Crippen LogP contribution in [0.5, 0.6) is 0 Å². The molecule has 91 valence electrons. The highest BCUT2D eigenvalue weighted by atomic mass is 28.4. The van der Waals surface area contributed by atoms with Gasteiger partial charge in [0.2, 0.25) is 0 Å². The maximum Gasteiger partial charge on any atom is 0.192 e. The van der Waals surface area contributed by atoms with Gasteiger partial charge in [0.05, 0.1) is 7.11 Å². The van der Waals surface area contributed by atoms with Crippen LogP contribution >= 0.6 is 0 Å². The molecule has 0 aromatic heterocycles. The van der Waals surface area contributed by atoms with E-state index in [4.69, 9.17) is 4.43 Å². The molecular formula is C13H29OSi. The standard InChI is InChI=1S/C13H29OSi/c1-5-8-11-15(14-4,12-9-6-2)13-10-7-3/h4-13H2,1-3H3. The summed E-state index contributed by atoms with van der Waals surface area (Å²) in [6.45, 7) is 6.80. The van der Waals surface area contributed by atoms with Crippen LogP contribution in [-0.4, -0.2) is 8.32 Å². The van der Waals surface area contributed by atoms with Gasteiger partial charge in [0, 0.05) is 0 Å². The summed E-state index contributed by atoms with van der Waals surface area (Å²) in [6.07, 6.45) is 7.85. The zero-order chi connectivity index (χ0) is 11.6. The lowest BCUT2D eigenvalue weighted by Gasteiger charge is -2.29. The molecule has 0 fully saturated rings. The van der Waals surface area contributed by atoms with E-state index < -0.39 is 8.32 Å². The Labute approximate surface area is 97.7 Å². The number of rotatable bonds is 10. The van der Waals surface area contributed by atoms with Crippen LogP contribution in [0.1, 0.15) is 59.3 Å². The quantitative estimate of drug-likeness (QED) is 0.471. The van der Waals surface area contributed by atoms with Gasteiger partial charge in [-0.15, -0.1) is 0 Å². The van der Waals surface area contributed by atoms with E-state index in [-0.39, 0.29) is 0 Å². The van der Waals surface area contributed by atoms with Crippen molar-refractivity contribution in [3.8, 4) is 0 Å². The molecule has 15 heavy (non-hydrogen) atoms. The second kappa shape index (κ2) is 9.41. The molecule has 0 heterocycles. The maximum atomic E-state index is 5.73. The molecule has 0 atom stereocenters. The third kappa shape index (κ3) is 6.36. The van der Waals surface area contributed by atoms with E-state index in [9.17, 15) is 0 Å². The van der Waals surface area contributed by atoms with Gasteiger partial charge in [-0.1, -0.05) is 59.3 Å². The molecule has 1 nitrogen and oxygen atoms in total. The highest BCUT2D eigenvalue weighted by Gasteiger charge is 2.31. The lowest BCUT2D eigenvalue weighted by molar-refractivity contribution is 0.435. The van der Waals surface area contributed by atoms with Crippen LogP contribution in [0.15, 0.2) is 0 Å². The van der Waals surface area contributed by atoms with Gasteiger partial charge in [-0.3, -0.25) is 0 Å². The van der Waals surface area contributed by atoms with Gasteiger partial charge < -0.3 is 4.43 Å². The predicted molar refractivity (Wildman–Crippen MR) is 71.3 cm³/mol. The summed E-state index contributed by atoms with van der Waals surface area (Å²) < 4.78 is 5.73. The van der Waals surface area contributed by atoms with Crippen LogP contribution in [0.3, 0.4) is 0 Å². The molecule has 0 bridgehead atoms. The van der Waals surface area contributed by atoms with E-state index in [0.717, 1.165) is 0 Å². The molecule has 0 aliphatic carbocycles. The molecule has 0 N–H and O–H groups in total. The monoisotopic (exact) mass is 229 g/mol. The first-order valence-electron chi connectivity index (χ1n) is 6.67. The summed E-state index contributed by atoms with van der Waals surface area (Å²) in [4.78, 5) is 0. The van der Waals surface area contributed by atoms with E-state index in [2.05, 4.69) is 27.9 Å².